The summed E-state index contributed by atoms with van der Waals surface area (Å²) in [5.41, 5.74) is 5.77. The molecule has 0 saturated carbocycles. The average Bonchev–Trinajstić information content (AvgIpc) is 2.42. The molecule has 0 fully saturated rings. The van der Waals surface area contributed by atoms with Crippen molar-refractivity contribution in [2.75, 3.05) is 13.1 Å². The van der Waals surface area contributed by atoms with Crippen molar-refractivity contribution >= 4 is 21.9 Å². The number of rotatable bonds is 8. The van der Waals surface area contributed by atoms with Crippen LogP contribution in [0.2, 0.25) is 0 Å². The van der Waals surface area contributed by atoms with E-state index in [-0.39, 0.29) is 24.4 Å². The van der Waals surface area contributed by atoms with E-state index in [0.717, 1.165) is 9.87 Å². The fourth-order valence-electron chi connectivity index (χ4n) is 1.77. The summed E-state index contributed by atoms with van der Waals surface area (Å²) in [6, 6.07) is 5.92. The Bertz CT molecular complexity index is 610. The van der Waals surface area contributed by atoms with Gasteiger partial charge in [-0.2, -0.15) is 4.31 Å². The number of aryl methyl sites for hydroxylation is 1. The van der Waals surface area contributed by atoms with Gasteiger partial charge in [-0.3, -0.25) is 9.59 Å². The predicted octanol–water partition coefficient (Wildman–Crippen LogP) is 0.200. The van der Waals surface area contributed by atoms with E-state index >= 15 is 0 Å². The molecule has 0 spiro atoms. The Kier molecular flexibility index (Phi) is 5.86. The highest BCUT2D eigenvalue weighted by Crippen LogP contribution is 2.16. The Morgan fingerprint density at radius 2 is 1.81 bits per heavy atom. The maximum atomic E-state index is 12.3. The zero-order valence-corrected chi connectivity index (χ0v) is 12.5. The number of primary amides is 1. The van der Waals surface area contributed by atoms with Gasteiger partial charge in [0, 0.05) is 13.0 Å². The van der Waals surface area contributed by atoms with Crippen molar-refractivity contribution < 1.29 is 23.1 Å². The Morgan fingerprint density at radius 3 is 2.24 bits per heavy atom. The van der Waals surface area contributed by atoms with Gasteiger partial charge < -0.3 is 10.8 Å². The molecule has 8 heteroatoms. The third kappa shape index (κ3) is 4.83. The van der Waals surface area contributed by atoms with E-state index in [2.05, 4.69) is 0 Å². The Morgan fingerprint density at radius 1 is 1.24 bits per heavy atom. The second-order valence-electron chi connectivity index (χ2n) is 4.44. The molecule has 0 heterocycles. The molecule has 7 nitrogen and oxygen atoms in total. The first kappa shape index (κ1) is 17.1. The number of nitrogens with zero attached hydrogens (tertiary/aromatic N) is 1. The predicted molar refractivity (Wildman–Crippen MR) is 76.0 cm³/mol. The number of aliphatic carboxylic acids is 1. The highest BCUT2D eigenvalue weighted by molar-refractivity contribution is 7.89. The third-order valence-electron chi connectivity index (χ3n) is 2.87. The zero-order chi connectivity index (χ0) is 16.0. The quantitative estimate of drug-likeness (QED) is 0.710. The number of carboxylic acids is 1. The molecular formula is C13H18N2O5S. The van der Waals surface area contributed by atoms with E-state index in [9.17, 15) is 18.0 Å². The molecule has 1 aromatic rings. The number of hydrogen-bond donors (Lipinski definition) is 2. The van der Waals surface area contributed by atoms with Crippen molar-refractivity contribution in [3.05, 3.63) is 29.8 Å². The molecule has 0 bridgehead atoms. The average molecular weight is 314 g/mol. The molecule has 3 N–H and O–H groups in total. The Hall–Kier alpha value is -1.93. The molecule has 0 unspecified atom stereocenters. The largest absolute Gasteiger partial charge is 0.481 e. The molecule has 1 rings (SSSR count). The number of sulfonamides is 1. The molecule has 0 radical (unpaired) electrons. The van der Waals surface area contributed by atoms with Crippen molar-refractivity contribution in [2.24, 2.45) is 5.73 Å². The minimum Gasteiger partial charge on any atom is -0.481 e. The van der Waals surface area contributed by atoms with Crippen LogP contribution >= 0.6 is 0 Å². The van der Waals surface area contributed by atoms with Crippen molar-refractivity contribution in [1.29, 1.82) is 0 Å². The molecule has 21 heavy (non-hydrogen) atoms. The van der Waals surface area contributed by atoms with Gasteiger partial charge >= 0.3 is 5.97 Å². The lowest BCUT2D eigenvalue weighted by Crippen LogP contribution is -2.38. The summed E-state index contributed by atoms with van der Waals surface area (Å²) in [7, 11) is -3.78. The molecular weight excluding hydrogens is 296 g/mol. The van der Waals surface area contributed by atoms with E-state index in [1.165, 1.54) is 12.1 Å². The van der Waals surface area contributed by atoms with Crippen LogP contribution in [-0.4, -0.2) is 42.8 Å². The Balaban J connectivity index is 2.93. The molecule has 1 amide bonds. The summed E-state index contributed by atoms with van der Waals surface area (Å²) >= 11 is 0. The van der Waals surface area contributed by atoms with Gasteiger partial charge in [0.25, 0.3) is 0 Å². The molecule has 0 atom stereocenters. The topological polar surface area (TPSA) is 118 Å². The monoisotopic (exact) mass is 314 g/mol. The fourth-order valence-corrected chi connectivity index (χ4v) is 3.18. The van der Waals surface area contributed by atoms with Crippen LogP contribution in [0.1, 0.15) is 18.9 Å². The van der Waals surface area contributed by atoms with Crippen LogP contribution in [0.25, 0.3) is 0 Å². The highest BCUT2D eigenvalue weighted by Gasteiger charge is 2.24. The van der Waals surface area contributed by atoms with Crippen LogP contribution in [0, 0.1) is 0 Å². The maximum Gasteiger partial charge on any atom is 0.303 e. The molecule has 0 aromatic heterocycles. The van der Waals surface area contributed by atoms with E-state index in [1.54, 1.807) is 19.1 Å². The summed E-state index contributed by atoms with van der Waals surface area (Å²) in [4.78, 5) is 21.4. The second-order valence-corrected chi connectivity index (χ2v) is 6.37. The summed E-state index contributed by atoms with van der Waals surface area (Å²) < 4.78 is 25.6. The maximum absolute atomic E-state index is 12.3. The molecule has 116 valence electrons. The van der Waals surface area contributed by atoms with Gasteiger partial charge in [-0.05, 0) is 24.1 Å². The van der Waals surface area contributed by atoms with Gasteiger partial charge in [0.05, 0.1) is 11.4 Å². The summed E-state index contributed by atoms with van der Waals surface area (Å²) in [6.45, 7) is 1.37. The van der Waals surface area contributed by atoms with Crippen LogP contribution in [0.3, 0.4) is 0 Å². The van der Waals surface area contributed by atoms with Crippen molar-refractivity contribution in [3.63, 3.8) is 0 Å². The minimum atomic E-state index is -3.78. The molecule has 0 aliphatic carbocycles. The second kappa shape index (κ2) is 7.19. The minimum absolute atomic E-state index is 0.0190. The third-order valence-corrected chi connectivity index (χ3v) is 4.81. The number of carbonyl (C=O) groups excluding carboxylic acids is 1. The van der Waals surface area contributed by atoms with Crippen molar-refractivity contribution in [1.82, 2.24) is 4.31 Å². The number of hydrogen-bond acceptors (Lipinski definition) is 4. The molecule has 0 aliphatic heterocycles. The van der Waals surface area contributed by atoms with Gasteiger partial charge in [-0.15, -0.1) is 0 Å². The van der Waals surface area contributed by atoms with Gasteiger partial charge in [-0.25, -0.2) is 8.42 Å². The first-order chi connectivity index (χ1) is 9.77. The SMILES string of the molecule is CCN(CC(N)=O)S(=O)(=O)c1ccc(CCC(=O)O)cc1. The number of amides is 1. The number of benzene rings is 1. The number of nitrogens with two attached hydrogens (primary N) is 1. The van der Waals surface area contributed by atoms with Gasteiger partial charge in [0.15, 0.2) is 0 Å². The first-order valence-corrected chi connectivity index (χ1v) is 7.80. The van der Waals surface area contributed by atoms with Gasteiger partial charge in [-0.1, -0.05) is 19.1 Å². The van der Waals surface area contributed by atoms with Crippen molar-refractivity contribution in [2.45, 2.75) is 24.7 Å². The number of carboxylic acid groups (broad SMARTS) is 1. The van der Waals surface area contributed by atoms with Crippen LogP contribution in [0.5, 0.6) is 0 Å². The molecule has 0 saturated heterocycles. The van der Waals surface area contributed by atoms with Crippen LogP contribution in [0.15, 0.2) is 29.2 Å². The lowest BCUT2D eigenvalue weighted by molar-refractivity contribution is -0.137. The van der Waals surface area contributed by atoms with E-state index in [4.69, 9.17) is 10.8 Å². The summed E-state index contributed by atoms with van der Waals surface area (Å²) in [6.07, 6.45) is 0.309. The lowest BCUT2D eigenvalue weighted by Gasteiger charge is -2.18. The molecule has 1 aromatic carbocycles. The summed E-state index contributed by atoms with van der Waals surface area (Å²) in [5.74, 6) is -1.64. The lowest BCUT2D eigenvalue weighted by atomic mass is 10.1. The van der Waals surface area contributed by atoms with Gasteiger partial charge in [0.1, 0.15) is 0 Å². The summed E-state index contributed by atoms with van der Waals surface area (Å²) in [5, 5.41) is 8.60. The van der Waals surface area contributed by atoms with Crippen LogP contribution in [0.4, 0.5) is 0 Å². The van der Waals surface area contributed by atoms with Crippen molar-refractivity contribution in [3.8, 4) is 0 Å². The Labute approximate surface area is 123 Å². The standard InChI is InChI=1S/C13H18N2O5S/c1-2-15(9-12(14)16)21(19,20)11-6-3-10(4-7-11)5-8-13(17)18/h3-4,6-7H,2,5,8-9H2,1H3,(H2,14,16)(H,17,18). The van der Waals surface area contributed by atoms with Crippen LogP contribution < -0.4 is 5.73 Å². The van der Waals surface area contributed by atoms with Crippen LogP contribution in [-0.2, 0) is 26.0 Å². The first-order valence-electron chi connectivity index (χ1n) is 6.36. The smallest absolute Gasteiger partial charge is 0.303 e. The number of carbonyl (C=O) groups is 2. The molecule has 0 aliphatic rings. The zero-order valence-electron chi connectivity index (χ0n) is 11.7. The highest BCUT2D eigenvalue weighted by atomic mass is 32.2. The van der Waals surface area contributed by atoms with E-state index in [0.29, 0.717) is 6.42 Å². The number of likely N-dealkylation sites (N-methyl/N-ethyl adjacent to an activating group) is 1. The van der Waals surface area contributed by atoms with Gasteiger partial charge in [0.2, 0.25) is 15.9 Å². The van der Waals surface area contributed by atoms with E-state index in [1.807, 2.05) is 0 Å². The fraction of sp³-hybridized carbons (Fsp3) is 0.385. The normalized spacial score (nSPS) is 11.5. The van der Waals surface area contributed by atoms with E-state index < -0.39 is 21.9 Å².